The van der Waals surface area contributed by atoms with Gasteiger partial charge in [-0.15, -0.1) is 0 Å². The van der Waals surface area contributed by atoms with Crippen molar-refractivity contribution in [1.29, 1.82) is 0 Å². The lowest BCUT2D eigenvalue weighted by Crippen LogP contribution is -2.61. The molecule has 0 unspecified atom stereocenters. The van der Waals surface area contributed by atoms with E-state index in [1.54, 1.807) is 35.9 Å². The Bertz CT molecular complexity index is 2580. The Balaban J connectivity index is 1.58. The zero-order chi connectivity index (χ0) is 52.6. The highest BCUT2D eigenvalue weighted by atomic mass is 16.4. The number of hydrogen-bond donors (Lipinski definition) is 12. The summed E-state index contributed by atoms with van der Waals surface area (Å²) in [7, 11) is 0. The van der Waals surface area contributed by atoms with E-state index in [0.29, 0.717) is 34.3 Å². The lowest BCUT2D eigenvalue weighted by molar-refractivity contribution is -0.141. The molecule has 0 radical (unpaired) electrons. The van der Waals surface area contributed by atoms with Gasteiger partial charge in [-0.25, -0.2) is 9.78 Å². The average Bonchev–Trinajstić information content (AvgIpc) is 4.07. The summed E-state index contributed by atoms with van der Waals surface area (Å²) in [4.78, 5) is 137. The van der Waals surface area contributed by atoms with Crippen LogP contribution in [0, 0.1) is 17.8 Å². The lowest BCUT2D eigenvalue weighted by Gasteiger charge is -2.33. The van der Waals surface area contributed by atoms with Crippen molar-refractivity contribution in [2.24, 2.45) is 34.2 Å². The van der Waals surface area contributed by atoms with E-state index in [1.807, 2.05) is 34.6 Å². The monoisotopic (exact) mass is 1000 g/mol. The Labute approximate surface area is 416 Å². The molecule has 4 aliphatic heterocycles. The number of nitrogens with zero attached hydrogens (tertiary/aromatic N) is 3. The number of fused-ring (bicyclic) bond motifs is 13. The van der Waals surface area contributed by atoms with Crippen molar-refractivity contribution in [3.63, 3.8) is 0 Å². The minimum atomic E-state index is -1.46. The van der Waals surface area contributed by atoms with Gasteiger partial charge in [-0.1, -0.05) is 60.1 Å². The van der Waals surface area contributed by atoms with Gasteiger partial charge in [0.2, 0.25) is 47.3 Å². The number of carboxylic acids is 1. The average molecular weight is 1000 g/mol. The Morgan fingerprint density at radius 3 is 2.24 bits per heavy atom. The number of carboxylic acid groups (broad SMARTS) is 1. The topological polar surface area (TPSA) is 368 Å². The Hall–Kier alpha value is -7.53. The van der Waals surface area contributed by atoms with Gasteiger partial charge in [-0.3, -0.25) is 47.9 Å². The maximum atomic E-state index is 14.9. The summed E-state index contributed by atoms with van der Waals surface area (Å²) in [6.45, 7) is 10.5. The molecule has 6 heterocycles. The first-order valence-corrected chi connectivity index (χ1v) is 24.5. The van der Waals surface area contributed by atoms with Crippen molar-refractivity contribution in [3.8, 4) is 5.82 Å². The van der Waals surface area contributed by atoms with Gasteiger partial charge in [0.1, 0.15) is 54.4 Å². The second kappa shape index (κ2) is 23.6. The molecule has 0 saturated carbocycles. The quantitative estimate of drug-likeness (QED) is 0.0437. The number of aromatic nitrogens is 3. The molecule has 24 nitrogen and oxygen atoms in total. The van der Waals surface area contributed by atoms with Crippen LogP contribution in [0.15, 0.2) is 35.7 Å². The van der Waals surface area contributed by atoms with Crippen molar-refractivity contribution in [1.82, 2.24) is 57.1 Å². The Morgan fingerprint density at radius 1 is 0.861 bits per heavy atom. The van der Waals surface area contributed by atoms with Crippen LogP contribution in [0.1, 0.15) is 103 Å². The fourth-order valence-corrected chi connectivity index (χ4v) is 9.41. The van der Waals surface area contributed by atoms with Gasteiger partial charge < -0.3 is 64.1 Å². The number of nitrogens with one attached hydrogen (secondary N) is 9. The van der Waals surface area contributed by atoms with E-state index in [2.05, 4.69) is 57.5 Å². The number of aromatic amines is 1. The minimum Gasteiger partial charge on any atom is -0.480 e. The van der Waals surface area contributed by atoms with Crippen molar-refractivity contribution < 1.29 is 48.3 Å². The van der Waals surface area contributed by atoms with E-state index in [4.69, 9.17) is 11.5 Å². The standard InChI is InChI=1S/C48H68N14O10/c1-7-24(6)38-45(69)59-33-18-28-27-11-10-25(37(23(4)5)39(61-42(66)30-12-13-35(63)54-30)46(70)58-32(15-22(2)3)44(68)60-38)16-31(27)56-40(28)62-20-26(53-21-62)17-34(47(71)72)55-36(64)19-52-41(65)29(57-43(33)67)9-8-14-51-48(49)50/h10-11,16,20-24,29-30,32-34,37-39,56H,7-9,12-15,17-19H2,1-6H3,(H,52,65)(H,54,63)(H,55,64)(H,57,67)(H,58,70)(H,59,69)(H,60,68)(H,61,66)(H,71,72)(H4,49,50,51)/t24-,29+,30+,32+,33-,34-,37-,38+,39+/m0/s1. The molecule has 7 bridgehead atoms. The number of carbonyl (C=O) groups is 9. The summed E-state index contributed by atoms with van der Waals surface area (Å²) < 4.78 is 1.58. The largest absolute Gasteiger partial charge is 0.480 e. The molecule has 7 rings (SSSR count). The summed E-state index contributed by atoms with van der Waals surface area (Å²) in [5.74, 6) is -8.34. The van der Waals surface area contributed by atoms with Crippen LogP contribution >= 0.6 is 0 Å². The first-order valence-electron chi connectivity index (χ1n) is 24.5. The molecule has 390 valence electrons. The summed E-state index contributed by atoms with van der Waals surface area (Å²) in [6, 6.07) is -3.47. The molecule has 0 spiro atoms. The number of imidazole rings is 1. The van der Waals surface area contributed by atoms with Crippen molar-refractivity contribution in [2.75, 3.05) is 13.1 Å². The molecule has 9 atom stereocenters. The molecule has 1 fully saturated rings. The van der Waals surface area contributed by atoms with E-state index in [9.17, 15) is 48.3 Å². The molecular formula is C48H68N14O10. The molecule has 0 aliphatic carbocycles. The highest BCUT2D eigenvalue weighted by molar-refractivity contribution is 5.99. The second-order valence-electron chi connectivity index (χ2n) is 19.7. The molecule has 1 aromatic carbocycles. The minimum absolute atomic E-state index is 0.0324. The molecule has 2 aromatic heterocycles. The molecule has 4 aliphatic rings. The van der Waals surface area contributed by atoms with E-state index in [0.717, 1.165) is 0 Å². The first-order chi connectivity index (χ1) is 34.1. The van der Waals surface area contributed by atoms with Crippen LogP contribution in [-0.4, -0.2) is 134 Å². The highest BCUT2D eigenvalue weighted by Gasteiger charge is 2.40. The molecule has 3 aromatic rings. The van der Waals surface area contributed by atoms with Crippen LogP contribution in [0.4, 0.5) is 0 Å². The number of benzene rings is 1. The normalized spacial score (nSPS) is 25.1. The second-order valence-corrected chi connectivity index (χ2v) is 19.7. The SMILES string of the molecule is CC[C@H](C)[C@H]1NC(=O)[C@@H](CC(C)C)NC(=O)[C@H](NC(=O)[C@H]2CCC(=O)N2)[C@@H](C(C)C)c2ccc3c4c([nH]c3c2)-n2cnc(c2)C[C@@H](C(=O)O)NC(=O)CNC(=O)[C@@H](CCCN=C(N)N)NC(=O)[C@H](C4)NC1=O. The number of guanidine groups is 1. The number of aliphatic carboxylic acids is 1. The van der Waals surface area contributed by atoms with Crippen LogP contribution in [0.3, 0.4) is 0 Å². The fraction of sp³-hybridized carbons (Fsp3) is 0.562. The third-order valence-electron chi connectivity index (χ3n) is 13.4. The van der Waals surface area contributed by atoms with Gasteiger partial charge in [0.15, 0.2) is 5.96 Å². The van der Waals surface area contributed by atoms with Gasteiger partial charge in [-0.2, -0.15) is 0 Å². The first kappa shape index (κ1) is 53.8. The Morgan fingerprint density at radius 2 is 1.58 bits per heavy atom. The van der Waals surface area contributed by atoms with Crippen molar-refractivity contribution in [2.45, 2.75) is 141 Å². The van der Waals surface area contributed by atoms with Gasteiger partial charge in [-0.05, 0) is 55.1 Å². The summed E-state index contributed by atoms with van der Waals surface area (Å²) in [5.41, 5.74) is 12.9. The summed E-state index contributed by atoms with van der Waals surface area (Å²) in [6.07, 6.45) is 3.54. The third-order valence-corrected chi connectivity index (χ3v) is 13.4. The summed E-state index contributed by atoms with van der Waals surface area (Å²) >= 11 is 0. The van der Waals surface area contributed by atoms with Crippen LogP contribution in [0.2, 0.25) is 0 Å². The van der Waals surface area contributed by atoms with Crippen LogP contribution in [-0.2, 0) is 56.0 Å². The van der Waals surface area contributed by atoms with Crippen LogP contribution < -0.4 is 54.0 Å². The van der Waals surface area contributed by atoms with E-state index in [1.165, 1.54) is 6.33 Å². The number of aliphatic imine (C=N–C) groups is 1. The predicted molar refractivity (Wildman–Crippen MR) is 263 cm³/mol. The smallest absolute Gasteiger partial charge is 0.326 e. The maximum absolute atomic E-state index is 14.9. The highest BCUT2D eigenvalue weighted by Crippen LogP contribution is 2.35. The van der Waals surface area contributed by atoms with E-state index in [-0.39, 0.29) is 80.9 Å². The molecule has 24 heteroatoms. The van der Waals surface area contributed by atoms with Gasteiger partial charge in [0, 0.05) is 54.4 Å². The van der Waals surface area contributed by atoms with Gasteiger partial charge in [0.05, 0.1) is 12.2 Å². The van der Waals surface area contributed by atoms with Crippen LogP contribution in [0.5, 0.6) is 0 Å². The zero-order valence-corrected chi connectivity index (χ0v) is 41.4. The van der Waals surface area contributed by atoms with Gasteiger partial charge >= 0.3 is 5.97 Å². The van der Waals surface area contributed by atoms with E-state index >= 15 is 0 Å². The van der Waals surface area contributed by atoms with Crippen molar-refractivity contribution in [3.05, 3.63) is 47.5 Å². The number of H-pyrrole nitrogens is 1. The fourth-order valence-electron chi connectivity index (χ4n) is 9.41. The number of carbonyl (C=O) groups excluding carboxylic acids is 8. The number of hydrogen-bond acceptors (Lipinski definition) is 11. The van der Waals surface area contributed by atoms with Crippen LogP contribution in [0.25, 0.3) is 16.7 Å². The molecule has 72 heavy (non-hydrogen) atoms. The number of rotatable bonds is 12. The number of nitrogens with two attached hydrogens (primary N) is 2. The summed E-state index contributed by atoms with van der Waals surface area (Å²) in [5, 5.41) is 32.6. The maximum Gasteiger partial charge on any atom is 0.326 e. The third kappa shape index (κ3) is 13.3. The number of amides is 8. The molecule has 8 amide bonds. The molecular weight excluding hydrogens is 933 g/mol. The van der Waals surface area contributed by atoms with E-state index < -0.39 is 108 Å². The molecule has 14 N–H and O–H groups in total. The lowest BCUT2D eigenvalue weighted by atomic mass is 9.81. The predicted octanol–water partition coefficient (Wildman–Crippen LogP) is -1.26. The Kier molecular flexibility index (Phi) is 17.6. The zero-order valence-electron chi connectivity index (χ0n) is 41.4. The van der Waals surface area contributed by atoms with Crippen molar-refractivity contribution >= 4 is 70.1 Å². The molecule has 1 saturated heterocycles. The van der Waals surface area contributed by atoms with Gasteiger partial charge in [0.25, 0.3) is 0 Å².